The number of nitrogens with one attached hydrogen (secondary N) is 1. The lowest BCUT2D eigenvalue weighted by atomic mass is 10.2. The number of fused-ring (bicyclic) bond motifs is 2. The third-order valence-corrected chi connectivity index (χ3v) is 3.90. The first-order chi connectivity index (χ1) is 12.3. The molecule has 0 aliphatic carbocycles. The van der Waals surface area contributed by atoms with Crippen molar-refractivity contribution >= 4 is 12.0 Å². The van der Waals surface area contributed by atoms with Crippen LogP contribution in [0.1, 0.15) is 5.56 Å². The number of carbonyl (C=O) groups is 1. The van der Waals surface area contributed by atoms with E-state index in [9.17, 15) is 4.79 Å². The third-order valence-electron chi connectivity index (χ3n) is 3.90. The summed E-state index contributed by atoms with van der Waals surface area (Å²) in [5, 5.41) is 2.82. The number of hydrogen-bond donors (Lipinski definition) is 1. The summed E-state index contributed by atoms with van der Waals surface area (Å²) in [7, 11) is 0. The summed E-state index contributed by atoms with van der Waals surface area (Å²) >= 11 is 0. The van der Waals surface area contributed by atoms with Crippen molar-refractivity contribution in [3.63, 3.8) is 0 Å². The van der Waals surface area contributed by atoms with Gasteiger partial charge in [-0.3, -0.25) is 4.79 Å². The van der Waals surface area contributed by atoms with Crippen molar-refractivity contribution in [1.29, 1.82) is 0 Å². The predicted molar refractivity (Wildman–Crippen MR) is 91.0 cm³/mol. The molecule has 25 heavy (non-hydrogen) atoms. The summed E-state index contributed by atoms with van der Waals surface area (Å²) in [5.74, 6) is 2.64. The van der Waals surface area contributed by atoms with Gasteiger partial charge in [0.1, 0.15) is 12.7 Å². The summed E-state index contributed by atoms with van der Waals surface area (Å²) in [4.78, 5) is 12.0. The number of ether oxygens (including phenoxy) is 4. The molecule has 1 unspecified atom stereocenters. The molecule has 2 heterocycles. The van der Waals surface area contributed by atoms with E-state index in [-0.39, 0.29) is 18.8 Å². The molecule has 2 aliphatic rings. The second-order valence-electron chi connectivity index (χ2n) is 5.69. The minimum atomic E-state index is -0.210. The fraction of sp³-hybridized carbons (Fsp3) is 0.211. The fourth-order valence-corrected chi connectivity index (χ4v) is 2.63. The molecule has 0 radical (unpaired) electrons. The van der Waals surface area contributed by atoms with Crippen molar-refractivity contribution in [3.05, 3.63) is 54.1 Å². The summed E-state index contributed by atoms with van der Waals surface area (Å²) in [6, 6.07) is 13.0. The van der Waals surface area contributed by atoms with Crippen LogP contribution in [0.4, 0.5) is 0 Å². The second-order valence-corrected chi connectivity index (χ2v) is 5.69. The van der Waals surface area contributed by atoms with Crippen molar-refractivity contribution in [2.75, 3.05) is 19.9 Å². The smallest absolute Gasteiger partial charge is 0.244 e. The van der Waals surface area contributed by atoms with E-state index in [4.69, 9.17) is 18.9 Å². The highest BCUT2D eigenvalue weighted by Gasteiger charge is 2.20. The second kappa shape index (κ2) is 6.76. The summed E-state index contributed by atoms with van der Waals surface area (Å²) in [5.41, 5.74) is 0.866. The molecule has 0 fully saturated rings. The molecule has 2 aromatic carbocycles. The summed E-state index contributed by atoms with van der Waals surface area (Å²) in [6.07, 6.45) is 3.00. The van der Waals surface area contributed by atoms with Crippen molar-refractivity contribution in [2.24, 2.45) is 0 Å². The van der Waals surface area contributed by atoms with Crippen LogP contribution >= 0.6 is 0 Å². The van der Waals surface area contributed by atoms with Gasteiger partial charge in [-0.2, -0.15) is 0 Å². The number of rotatable bonds is 4. The highest BCUT2D eigenvalue weighted by atomic mass is 16.7. The Balaban J connectivity index is 1.29. The standard InChI is InChI=1S/C19H17NO5/c21-19(8-6-13-5-7-16-18(9-13)24-12-23-16)20-10-14-11-22-15-3-1-2-4-17(15)25-14/h1-9,14H,10-12H2,(H,20,21)/b8-6+. The number of carbonyl (C=O) groups excluding carboxylic acids is 1. The Kier molecular flexibility index (Phi) is 4.16. The van der Waals surface area contributed by atoms with Gasteiger partial charge in [-0.15, -0.1) is 0 Å². The van der Waals surface area contributed by atoms with Crippen molar-refractivity contribution < 1.29 is 23.7 Å². The van der Waals surface area contributed by atoms with Crippen LogP contribution in [0, 0.1) is 0 Å². The molecule has 0 saturated carbocycles. The molecule has 4 rings (SSSR count). The zero-order valence-electron chi connectivity index (χ0n) is 13.4. The summed E-state index contributed by atoms with van der Waals surface area (Å²) in [6.45, 7) is 1.01. The highest BCUT2D eigenvalue weighted by Crippen LogP contribution is 2.33. The molecule has 2 aromatic rings. The van der Waals surface area contributed by atoms with Crippen LogP contribution in [0.2, 0.25) is 0 Å². The third kappa shape index (κ3) is 3.52. The fourth-order valence-electron chi connectivity index (χ4n) is 2.63. The molecule has 1 atom stereocenters. The number of amides is 1. The van der Waals surface area contributed by atoms with Crippen LogP contribution in [0.5, 0.6) is 23.0 Å². The van der Waals surface area contributed by atoms with Gasteiger partial charge in [0, 0.05) is 6.08 Å². The number of benzene rings is 2. The van der Waals surface area contributed by atoms with Gasteiger partial charge in [-0.1, -0.05) is 18.2 Å². The Bertz CT molecular complexity index is 817. The SMILES string of the molecule is O=C(/C=C/c1ccc2c(c1)OCO2)NCC1COc2ccccc2O1. The predicted octanol–water partition coefficient (Wildman–Crippen LogP) is 2.38. The van der Waals surface area contributed by atoms with Crippen LogP contribution in [0.15, 0.2) is 48.5 Å². The number of hydrogen-bond acceptors (Lipinski definition) is 5. The van der Waals surface area contributed by atoms with Gasteiger partial charge in [0.25, 0.3) is 0 Å². The molecule has 6 nitrogen and oxygen atoms in total. The van der Waals surface area contributed by atoms with E-state index in [2.05, 4.69) is 5.32 Å². The molecule has 1 amide bonds. The van der Waals surface area contributed by atoms with Gasteiger partial charge in [0.05, 0.1) is 6.54 Å². The monoisotopic (exact) mass is 339 g/mol. The van der Waals surface area contributed by atoms with Gasteiger partial charge in [-0.05, 0) is 35.9 Å². The maximum absolute atomic E-state index is 12.0. The van der Waals surface area contributed by atoms with Crippen molar-refractivity contribution in [1.82, 2.24) is 5.32 Å². The first kappa shape index (κ1) is 15.4. The van der Waals surface area contributed by atoms with Crippen LogP contribution in [-0.4, -0.2) is 32.0 Å². The molecule has 0 spiro atoms. The van der Waals surface area contributed by atoms with Crippen LogP contribution in [0.3, 0.4) is 0 Å². The van der Waals surface area contributed by atoms with Gasteiger partial charge >= 0.3 is 0 Å². The largest absolute Gasteiger partial charge is 0.486 e. The van der Waals surface area contributed by atoms with Crippen molar-refractivity contribution in [2.45, 2.75) is 6.10 Å². The normalized spacial score (nSPS) is 17.5. The Hall–Kier alpha value is -3.15. The lowest BCUT2D eigenvalue weighted by Gasteiger charge is -2.26. The average molecular weight is 339 g/mol. The van der Waals surface area contributed by atoms with E-state index in [1.165, 1.54) is 6.08 Å². The minimum absolute atomic E-state index is 0.194. The van der Waals surface area contributed by atoms with E-state index in [0.717, 1.165) is 17.1 Å². The Morgan fingerprint density at radius 1 is 1.04 bits per heavy atom. The molecule has 1 N–H and O–H groups in total. The van der Waals surface area contributed by atoms with Crippen LogP contribution < -0.4 is 24.3 Å². The molecule has 2 aliphatic heterocycles. The quantitative estimate of drug-likeness (QED) is 0.867. The maximum atomic E-state index is 12.0. The van der Waals surface area contributed by atoms with Crippen LogP contribution in [0.25, 0.3) is 6.08 Å². The van der Waals surface area contributed by atoms with Crippen molar-refractivity contribution in [3.8, 4) is 23.0 Å². The molecule has 0 bridgehead atoms. The van der Waals surface area contributed by atoms with Gasteiger partial charge in [-0.25, -0.2) is 0 Å². The number of para-hydroxylation sites is 2. The van der Waals surface area contributed by atoms with E-state index in [1.54, 1.807) is 6.08 Å². The zero-order valence-corrected chi connectivity index (χ0v) is 13.4. The van der Waals surface area contributed by atoms with E-state index in [0.29, 0.717) is 24.7 Å². The van der Waals surface area contributed by atoms with Gasteiger partial charge in [0.2, 0.25) is 12.7 Å². The van der Waals surface area contributed by atoms with E-state index >= 15 is 0 Å². The lowest BCUT2D eigenvalue weighted by Crippen LogP contribution is -2.40. The Morgan fingerprint density at radius 3 is 2.76 bits per heavy atom. The first-order valence-electron chi connectivity index (χ1n) is 8.02. The minimum Gasteiger partial charge on any atom is -0.486 e. The van der Waals surface area contributed by atoms with Gasteiger partial charge in [0.15, 0.2) is 23.0 Å². The average Bonchev–Trinajstić information content (AvgIpc) is 3.12. The Labute approximate surface area is 145 Å². The molecular weight excluding hydrogens is 322 g/mol. The van der Waals surface area contributed by atoms with Crippen LogP contribution in [-0.2, 0) is 4.79 Å². The lowest BCUT2D eigenvalue weighted by molar-refractivity contribution is -0.116. The van der Waals surface area contributed by atoms with E-state index < -0.39 is 0 Å². The van der Waals surface area contributed by atoms with Gasteiger partial charge < -0.3 is 24.3 Å². The summed E-state index contributed by atoms with van der Waals surface area (Å²) < 4.78 is 22.0. The molecular formula is C19H17NO5. The first-order valence-corrected chi connectivity index (χ1v) is 8.02. The topological polar surface area (TPSA) is 66.0 Å². The Morgan fingerprint density at radius 2 is 1.84 bits per heavy atom. The molecule has 0 aromatic heterocycles. The maximum Gasteiger partial charge on any atom is 0.244 e. The highest BCUT2D eigenvalue weighted by molar-refractivity contribution is 5.91. The van der Waals surface area contributed by atoms with E-state index in [1.807, 2.05) is 42.5 Å². The molecule has 6 heteroatoms. The molecule has 0 saturated heterocycles. The molecule has 128 valence electrons. The zero-order chi connectivity index (χ0) is 17.1.